The molecule has 1 heterocycles. The molecule has 2 N–H and O–H groups in total. The van der Waals surface area contributed by atoms with Gasteiger partial charge < -0.3 is 10.4 Å². The zero-order valence-electron chi connectivity index (χ0n) is 21.0. The maximum absolute atomic E-state index is 12.9. The molecule has 0 aromatic carbocycles. The monoisotopic (exact) mass is 469 g/mol. The van der Waals surface area contributed by atoms with Gasteiger partial charge >= 0.3 is 0 Å². The second-order valence-electron chi connectivity index (χ2n) is 11.5. The van der Waals surface area contributed by atoms with Gasteiger partial charge in [-0.2, -0.15) is 0 Å². The highest BCUT2D eigenvalue weighted by Crippen LogP contribution is 2.47. The SMILES string of the molecule is CC(CCc1ncccn1)CC(C)C1C(O)CC(=O)C1CC1CCC1CCCC(=O)NC1CC1. The van der Waals surface area contributed by atoms with E-state index in [0.717, 1.165) is 57.2 Å². The van der Waals surface area contributed by atoms with Crippen LogP contribution in [0.2, 0.25) is 0 Å². The number of aliphatic hydroxyl groups excluding tert-OH is 1. The molecule has 3 fully saturated rings. The van der Waals surface area contributed by atoms with Crippen molar-refractivity contribution in [3.8, 4) is 0 Å². The first-order chi connectivity index (χ1) is 16.4. The van der Waals surface area contributed by atoms with E-state index in [-0.39, 0.29) is 23.5 Å². The minimum absolute atomic E-state index is 0.000576. The summed E-state index contributed by atoms with van der Waals surface area (Å²) in [5.41, 5.74) is 0. The number of aromatic nitrogens is 2. The topological polar surface area (TPSA) is 92.2 Å². The number of rotatable bonds is 13. The van der Waals surface area contributed by atoms with E-state index < -0.39 is 6.10 Å². The van der Waals surface area contributed by atoms with Gasteiger partial charge in [0.05, 0.1) is 6.10 Å². The molecular formula is C28H43N3O3. The highest BCUT2D eigenvalue weighted by molar-refractivity contribution is 5.84. The van der Waals surface area contributed by atoms with E-state index in [1.54, 1.807) is 12.4 Å². The summed E-state index contributed by atoms with van der Waals surface area (Å²) in [5.74, 6) is 3.47. The van der Waals surface area contributed by atoms with Gasteiger partial charge in [0, 0.05) is 43.6 Å². The molecule has 0 radical (unpaired) electrons. The Morgan fingerprint density at radius 3 is 2.56 bits per heavy atom. The summed E-state index contributed by atoms with van der Waals surface area (Å²) in [6, 6.07) is 2.28. The molecule has 1 aromatic heterocycles. The number of nitrogens with zero attached hydrogens (tertiary/aromatic N) is 2. The summed E-state index contributed by atoms with van der Waals surface area (Å²) in [4.78, 5) is 33.5. The van der Waals surface area contributed by atoms with E-state index in [0.29, 0.717) is 42.6 Å². The molecule has 0 bridgehead atoms. The Balaban J connectivity index is 1.23. The van der Waals surface area contributed by atoms with Gasteiger partial charge in [-0.25, -0.2) is 9.97 Å². The Kier molecular flexibility index (Phi) is 8.73. The molecule has 3 aliphatic rings. The van der Waals surface area contributed by atoms with Crippen molar-refractivity contribution < 1.29 is 14.7 Å². The Morgan fingerprint density at radius 2 is 1.88 bits per heavy atom. The zero-order valence-corrected chi connectivity index (χ0v) is 21.0. The minimum atomic E-state index is -0.498. The molecule has 4 rings (SSSR count). The third-order valence-electron chi connectivity index (χ3n) is 8.70. The molecule has 34 heavy (non-hydrogen) atoms. The predicted octanol–water partition coefficient (Wildman–Crippen LogP) is 4.50. The molecule has 7 atom stereocenters. The van der Waals surface area contributed by atoms with E-state index in [1.165, 1.54) is 12.8 Å². The van der Waals surface area contributed by atoms with Gasteiger partial charge in [0.25, 0.3) is 0 Å². The summed E-state index contributed by atoms with van der Waals surface area (Å²) in [7, 11) is 0. The summed E-state index contributed by atoms with van der Waals surface area (Å²) >= 11 is 0. The van der Waals surface area contributed by atoms with Crippen molar-refractivity contribution in [2.24, 2.45) is 35.5 Å². The molecule has 1 amide bonds. The van der Waals surface area contributed by atoms with Crippen molar-refractivity contribution in [2.75, 3.05) is 0 Å². The number of carbonyl (C=O) groups is 2. The van der Waals surface area contributed by atoms with E-state index in [4.69, 9.17) is 0 Å². The number of ketones is 1. The number of amides is 1. The van der Waals surface area contributed by atoms with Gasteiger partial charge in [-0.3, -0.25) is 9.59 Å². The van der Waals surface area contributed by atoms with Gasteiger partial charge in [0.2, 0.25) is 5.91 Å². The number of aliphatic hydroxyl groups is 1. The van der Waals surface area contributed by atoms with Crippen LogP contribution in [-0.2, 0) is 16.0 Å². The van der Waals surface area contributed by atoms with Crippen LogP contribution in [0.15, 0.2) is 18.5 Å². The number of hydrogen-bond acceptors (Lipinski definition) is 5. The van der Waals surface area contributed by atoms with Crippen LogP contribution in [0.25, 0.3) is 0 Å². The van der Waals surface area contributed by atoms with E-state index in [2.05, 4.69) is 29.1 Å². The van der Waals surface area contributed by atoms with Crippen LogP contribution >= 0.6 is 0 Å². The molecule has 6 nitrogen and oxygen atoms in total. The lowest BCUT2D eigenvalue weighted by atomic mass is 9.65. The average Bonchev–Trinajstić information content (AvgIpc) is 3.56. The van der Waals surface area contributed by atoms with Gasteiger partial charge in [-0.15, -0.1) is 0 Å². The van der Waals surface area contributed by atoms with Crippen LogP contribution in [0.3, 0.4) is 0 Å². The Morgan fingerprint density at radius 1 is 1.15 bits per heavy atom. The van der Waals surface area contributed by atoms with E-state index in [1.807, 2.05) is 6.07 Å². The first-order valence-electron chi connectivity index (χ1n) is 13.7. The fourth-order valence-corrected chi connectivity index (χ4v) is 6.49. The quantitative estimate of drug-likeness (QED) is 0.444. The number of carbonyl (C=O) groups excluding carboxylic acids is 2. The molecule has 0 spiro atoms. The number of hydrogen-bond donors (Lipinski definition) is 2. The van der Waals surface area contributed by atoms with Crippen LogP contribution in [0.1, 0.15) is 90.3 Å². The minimum Gasteiger partial charge on any atom is -0.392 e. The lowest BCUT2D eigenvalue weighted by molar-refractivity contribution is -0.122. The van der Waals surface area contributed by atoms with Crippen LogP contribution in [-0.4, -0.2) is 38.9 Å². The fourth-order valence-electron chi connectivity index (χ4n) is 6.49. The molecule has 3 saturated carbocycles. The largest absolute Gasteiger partial charge is 0.392 e. The highest BCUT2D eigenvalue weighted by Gasteiger charge is 2.46. The van der Waals surface area contributed by atoms with E-state index in [9.17, 15) is 14.7 Å². The van der Waals surface area contributed by atoms with Crippen molar-refractivity contribution in [2.45, 2.75) is 103 Å². The number of Topliss-reactive ketones (excluding diaryl/α,β-unsaturated/α-hetero) is 1. The van der Waals surface area contributed by atoms with Gasteiger partial charge in [0.1, 0.15) is 11.6 Å². The van der Waals surface area contributed by atoms with Crippen LogP contribution < -0.4 is 5.32 Å². The maximum atomic E-state index is 12.9. The van der Waals surface area contributed by atoms with Crippen LogP contribution in [0.4, 0.5) is 0 Å². The molecule has 0 saturated heterocycles. The summed E-state index contributed by atoms with van der Waals surface area (Å²) in [6.07, 6.45) is 14.6. The molecule has 7 unspecified atom stereocenters. The maximum Gasteiger partial charge on any atom is 0.220 e. The molecular weight excluding hydrogens is 426 g/mol. The van der Waals surface area contributed by atoms with Crippen molar-refractivity contribution in [3.05, 3.63) is 24.3 Å². The number of nitrogens with one attached hydrogen (secondary N) is 1. The van der Waals surface area contributed by atoms with Crippen LogP contribution in [0, 0.1) is 35.5 Å². The summed E-state index contributed by atoms with van der Waals surface area (Å²) in [5, 5.41) is 13.9. The molecule has 0 aliphatic heterocycles. The smallest absolute Gasteiger partial charge is 0.220 e. The third-order valence-corrected chi connectivity index (χ3v) is 8.70. The van der Waals surface area contributed by atoms with Gasteiger partial charge in [-0.05, 0) is 93.4 Å². The number of aryl methyl sites for hydroxylation is 1. The Labute approximate surface area is 204 Å². The zero-order chi connectivity index (χ0) is 24.1. The standard InChI is InChI=1S/C28H43N3O3/c1-18(7-12-26-29-13-4-14-30-26)15-19(2)28-23(24(32)17-25(28)33)16-21-9-8-20(21)5-3-6-27(34)31-22-10-11-22/h4,13-14,18-23,25,28,33H,3,5-12,15-17H2,1-2H3,(H,31,34). The van der Waals surface area contributed by atoms with E-state index >= 15 is 0 Å². The molecule has 6 heteroatoms. The molecule has 188 valence electrons. The first kappa shape index (κ1) is 25.3. The fraction of sp³-hybridized carbons (Fsp3) is 0.786. The molecule has 1 aromatic rings. The van der Waals surface area contributed by atoms with Crippen molar-refractivity contribution in [1.82, 2.24) is 15.3 Å². The van der Waals surface area contributed by atoms with Crippen molar-refractivity contribution in [3.63, 3.8) is 0 Å². The normalized spacial score (nSPS) is 30.6. The van der Waals surface area contributed by atoms with Gasteiger partial charge in [0.15, 0.2) is 0 Å². The van der Waals surface area contributed by atoms with Crippen molar-refractivity contribution >= 4 is 11.7 Å². The van der Waals surface area contributed by atoms with Gasteiger partial charge in [-0.1, -0.05) is 13.8 Å². The lowest BCUT2D eigenvalue weighted by Gasteiger charge is -2.40. The summed E-state index contributed by atoms with van der Waals surface area (Å²) < 4.78 is 0. The second-order valence-corrected chi connectivity index (χ2v) is 11.5. The highest BCUT2D eigenvalue weighted by atomic mass is 16.3. The van der Waals surface area contributed by atoms with Crippen LogP contribution in [0.5, 0.6) is 0 Å². The predicted molar refractivity (Wildman–Crippen MR) is 132 cm³/mol. The Hall–Kier alpha value is -1.82. The summed E-state index contributed by atoms with van der Waals surface area (Å²) in [6.45, 7) is 4.49. The average molecular weight is 470 g/mol. The lowest BCUT2D eigenvalue weighted by Crippen LogP contribution is -2.34. The van der Waals surface area contributed by atoms with Crippen molar-refractivity contribution in [1.29, 1.82) is 0 Å². The first-order valence-corrected chi connectivity index (χ1v) is 13.7. The second kappa shape index (κ2) is 11.7. The molecule has 3 aliphatic carbocycles. The Bertz CT molecular complexity index is 812. The third kappa shape index (κ3) is 6.87.